The van der Waals surface area contributed by atoms with E-state index in [0.29, 0.717) is 11.3 Å². The van der Waals surface area contributed by atoms with Crippen molar-refractivity contribution in [1.29, 1.82) is 0 Å². The second-order valence-corrected chi connectivity index (χ2v) is 5.20. The third-order valence-corrected chi connectivity index (χ3v) is 3.61. The smallest absolute Gasteiger partial charge is 0.194 e. The number of aliphatic hydroxyl groups excluding tert-OH is 1. The van der Waals surface area contributed by atoms with Crippen LogP contribution in [-0.2, 0) is 0 Å². The molecule has 1 aliphatic rings. The second kappa shape index (κ2) is 5.07. The maximum absolute atomic E-state index is 13.3. The largest absolute Gasteiger partial charge is 0.485 e. The first-order valence-electron chi connectivity index (χ1n) is 6.55. The van der Waals surface area contributed by atoms with Gasteiger partial charge in [0, 0.05) is 12.0 Å². The number of hydrogen-bond donors (Lipinski definition) is 1. The first-order valence-corrected chi connectivity index (χ1v) is 6.55. The van der Waals surface area contributed by atoms with Gasteiger partial charge in [0.15, 0.2) is 17.5 Å². The van der Waals surface area contributed by atoms with Crippen LogP contribution in [0.15, 0.2) is 30.3 Å². The van der Waals surface area contributed by atoms with E-state index in [-0.39, 0.29) is 12.0 Å². The zero-order valence-corrected chi connectivity index (χ0v) is 11.2. The minimum Gasteiger partial charge on any atom is -0.485 e. The van der Waals surface area contributed by atoms with Crippen LogP contribution >= 0.6 is 0 Å². The highest BCUT2D eigenvalue weighted by atomic mass is 19.2. The van der Waals surface area contributed by atoms with Crippen LogP contribution in [0.2, 0.25) is 0 Å². The van der Waals surface area contributed by atoms with Crippen LogP contribution in [-0.4, -0.2) is 5.11 Å². The average Bonchev–Trinajstić information content (AvgIpc) is 2.44. The molecule has 0 saturated carbocycles. The Labute approximate surface area is 119 Å². The molecule has 2 aromatic carbocycles. The van der Waals surface area contributed by atoms with E-state index in [4.69, 9.17) is 4.74 Å². The molecule has 0 saturated heterocycles. The zero-order chi connectivity index (χ0) is 15.1. The fourth-order valence-electron chi connectivity index (χ4n) is 2.53. The Bertz CT molecular complexity index is 677. The highest BCUT2D eigenvalue weighted by molar-refractivity contribution is 5.41. The molecule has 5 heteroatoms. The fourth-order valence-corrected chi connectivity index (χ4v) is 2.53. The highest BCUT2D eigenvalue weighted by Gasteiger charge is 2.29. The van der Waals surface area contributed by atoms with Crippen molar-refractivity contribution in [3.63, 3.8) is 0 Å². The molecule has 1 heterocycles. The summed E-state index contributed by atoms with van der Waals surface area (Å²) in [5, 5.41) is 10.2. The maximum Gasteiger partial charge on any atom is 0.194 e. The molecule has 110 valence electrons. The summed E-state index contributed by atoms with van der Waals surface area (Å²) < 4.78 is 45.3. The molecule has 0 spiro atoms. The van der Waals surface area contributed by atoms with Gasteiger partial charge >= 0.3 is 0 Å². The lowest BCUT2D eigenvalue weighted by Gasteiger charge is -2.30. The van der Waals surface area contributed by atoms with Crippen LogP contribution < -0.4 is 4.74 Å². The lowest BCUT2D eigenvalue weighted by molar-refractivity contribution is 0.0652. The summed E-state index contributed by atoms with van der Waals surface area (Å²) in [6.45, 7) is 1.89. The molecule has 0 aromatic heterocycles. The summed E-state index contributed by atoms with van der Waals surface area (Å²) in [6, 6.07) is 7.13. The first kappa shape index (κ1) is 13.9. The number of rotatable bonds is 1. The van der Waals surface area contributed by atoms with Gasteiger partial charge in [-0.05, 0) is 36.8 Å². The van der Waals surface area contributed by atoms with Crippen LogP contribution in [0, 0.1) is 24.4 Å². The van der Waals surface area contributed by atoms with Gasteiger partial charge in [-0.1, -0.05) is 11.6 Å². The van der Waals surface area contributed by atoms with E-state index in [9.17, 15) is 18.3 Å². The molecule has 3 rings (SSSR count). The molecule has 2 aromatic rings. The standard InChI is InChI=1S/C16H13F3O2/c1-8-2-3-14-10(4-8)13(20)7-15(21-14)9-5-11(17)16(19)12(18)6-9/h2-6,13,15,20H,7H2,1H3. The fraction of sp³-hybridized carbons (Fsp3) is 0.250. The van der Waals surface area contributed by atoms with Crippen LogP contribution in [0.1, 0.15) is 35.3 Å². The Morgan fingerprint density at radius 1 is 1.10 bits per heavy atom. The second-order valence-electron chi connectivity index (χ2n) is 5.20. The summed E-state index contributed by atoms with van der Waals surface area (Å²) in [6.07, 6.45) is -1.37. The average molecular weight is 294 g/mol. The number of aliphatic hydroxyl groups is 1. The molecule has 1 aliphatic heterocycles. The van der Waals surface area contributed by atoms with E-state index in [1.165, 1.54) is 0 Å². The minimum absolute atomic E-state index is 0.154. The number of ether oxygens (including phenoxy) is 1. The monoisotopic (exact) mass is 294 g/mol. The van der Waals surface area contributed by atoms with Crippen molar-refractivity contribution >= 4 is 0 Å². The topological polar surface area (TPSA) is 29.5 Å². The molecule has 1 N–H and O–H groups in total. The number of fused-ring (bicyclic) bond motifs is 1. The van der Waals surface area contributed by atoms with Gasteiger partial charge in [0.25, 0.3) is 0 Å². The van der Waals surface area contributed by atoms with E-state index >= 15 is 0 Å². The van der Waals surface area contributed by atoms with Gasteiger partial charge < -0.3 is 9.84 Å². The molecule has 0 bridgehead atoms. The summed E-state index contributed by atoms with van der Waals surface area (Å²) in [7, 11) is 0. The van der Waals surface area contributed by atoms with Gasteiger partial charge in [-0.25, -0.2) is 13.2 Å². The van der Waals surface area contributed by atoms with Gasteiger partial charge in [-0.2, -0.15) is 0 Å². The molecule has 0 aliphatic carbocycles. The SMILES string of the molecule is Cc1ccc2c(c1)C(O)CC(c1cc(F)c(F)c(F)c1)O2. The minimum atomic E-state index is -1.51. The molecular formula is C16H13F3O2. The van der Waals surface area contributed by atoms with E-state index in [0.717, 1.165) is 17.7 Å². The molecule has 2 nitrogen and oxygen atoms in total. The quantitative estimate of drug-likeness (QED) is 0.806. The van der Waals surface area contributed by atoms with Gasteiger partial charge in [0.1, 0.15) is 11.9 Å². The van der Waals surface area contributed by atoms with Gasteiger partial charge in [0.2, 0.25) is 0 Å². The Balaban J connectivity index is 1.98. The van der Waals surface area contributed by atoms with Crippen molar-refractivity contribution in [2.75, 3.05) is 0 Å². The van der Waals surface area contributed by atoms with E-state index in [1.54, 1.807) is 6.07 Å². The molecule has 0 radical (unpaired) electrons. The third kappa shape index (κ3) is 2.49. The van der Waals surface area contributed by atoms with E-state index in [1.807, 2.05) is 19.1 Å². The van der Waals surface area contributed by atoms with Crippen LogP contribution in [0.3, 0.4) is 0 Å². The number of halogens is 3. The lowest BCUT2D eigenvalue weighted by Crippen LogP contribution is -2.19. The normalized spacial score (nSPS) is 20.8. The third-order valence-electron chi connectivity index (χ3n) is 3.61. The zero-order valence-electron chi connectivity index (χ0n) is 11.2. The summed E-state index contributed by atoms with van der Waals surface area (Å²) in [5.74, 6) is -3.57. The molecule has 2 atom stereocenters. The molecule has 0 fully saturated rings. The van der Waals surface area contributed by atoms with Crippen LogP contribution in [0.5, 0.6) is 5.75 Å². The number of benzene rings is 2. The highest BCUT2D eigenvalue weighted by Crippen LogP contribution is 2.41. The first-order chi connectivity index (χ1) is 9.95. The van der Waals surface area contributed by atoms with Crippen molar-refractivity contribution in [2.45, 2.75) is 25.6 Å². The molecule has 2 unspecified atom stereocenters. The van der Waals surface area contributed by atoms with Crippen molar-refractivity contribution in [2.24, 2.45) is 0 Å². The van der Waals surface area contributed by atoms with Crippen molar-refractivity contribution in [3.8, 4) is 5.75 Å². The lowest BCUT2D eigenvalue weighted by atomic mass is 9.94. The summed E-state index contributed by atoms with van der Waals surface area (Å²) in [4.78, 5) is 0. The number of aryl methyl sites for hydroxylation is 1. The number of hydrogen-bond acceptors (Lipinski definition) is 2. The maximum atomic E-state index is 13.3. The Hall–Kier alpha value is -2.01. The molecule has 0 amide bonds. The van der Waals surface area contributed by atoms with E-state index in [2.05, 4.69) is 0 Å². The van der Waals surface area contributed by atoms with Gasteiger partial charge in [-0.15, -0.1) is 0 Å². The van der Waals surface area contributed by atoms with Crippen molar-refractivity contribution < 1.29 is 23.0 Å². The molecule has 21 heavy (non-hydrogen) atoms. The van der Waals surface area contributed by atoms with Crippen molar-refractivity contribution in [1.82, 2.24) is 0 Å². The van der Waals surface area contributed by atoms with Gasteiger partial charge in [0.05, 0.1) is 6.10 Å². The summed E-state index contributed by atoms with van der Waals surface area (Å²) >= 11 is 0. The Kier molecular flexibility index (Phi) is 3.37. The Morgan fingerprint density at radius 3 is 2.43 bits per heavy atom. The van der Waals surface area contributed by atoms with Gasteiger partial charge in [-0.3, -0.25) is 0 Å². The molecular weight excluding hydrogens is 281 g/mol. The predicted molar refractivity (Wildman–Crippen MR) is 70.4 cm³/mol. The Morgan fingerprint density at radius 2 is 1.76 bits per heavy atom. The predicted octanol–water partition coefficient (Wildman–Crippen LogP) is 3.97. The van der Waals surface area contributed by atoms with Crippen LogP contribution in [0.25, 0.3) is 0 Å². The van der Waals surface area contributed by atoms with Crippen molar-refractivity contribution in [3.05, 3.63) is 64.5 Å². The van der Waals surface area contributed by atoms with E-state index < -0.39 is 29.7 Å². The van der Waals surface area contributed by atoms with Crippen LogP contribution in [0.4, 0.5) is 13.2 Å². The summed E-state index contributed by atoms with van der Waals surface area (Å²) in [5.41, 5.74) is 1.79.